The van der Waals surface area contributed by atoms with E-state index in [0.717, 1.165) is 32.7 Å². The molecule has 1 saturated heterocycles. The van der Waals surface area contributed by atoms with Crippen molar-refractivity contribution in [3.05, 3.63) is 48.0 Å². The van der Waals surface area contributed by atoms with Gasteiger partial charge >= 0.3 is 0 Å². The summed E-state index contributed by atoms with van der Waals surface area (Å²) < 4.78 is 0. The molecule has 1 N–H and O–H groups in total. The molecule has 0 aliphatic carbocycles. The van der Waals surface area contributed by atoms with Crippen LogP contribution in [0.4, 0.5) is 0 Å². The van der Waals surface area contributed by atoms with Crippen LogP contribution in [0.15, 0.2) is 42.5 Å². The van der Waals surface area contributed by atoms with Crippen LogP contribution in [0.3, 0.4) is 0 Å². The summed E-state index contributed by atoms with van der Waals surface area (Å²) in [5.41, 5.74) is 1.18. The number of amides is 1. The molecule has 2 aromatic carbocycles. The van der Waals surface area contributed by atoms with Gasteiger partial charge in [0, 0.05) is 26.2 Å². The second-order valence-electron chi connectivity index (χ2n) is 6.57. The first-order valence-electron chi connectivity index (χ1n) is 8.89. The van der Waals surface area contributed by atoms with Crippen molar-refractivity contribution >= 4 is 16.7 Å². The minimum Gasteiger partial charge on any atom is -0.348 e. The molecule has 1 atom stereocenters. The van der Waals surface area contributed by atoms with Crippen LogP contribution in [0.25, 0.3) is 10.8 Å². The topological polar surface area (TPSA) is 35.6 Å². The first kappa shape index (κ1) is 16.9. The van der Waals surface area contributed by atoms with Crippen molar-refractivity contribution in [2.24, 2.45) is 0 Å². The number of nitrogens with one attached hydrogen (secondary N) is 1. The molecule has 1 heterocycles. The van der Waals surface area contributed by atoms with Gasteiger partial charge in [-0.2, -0.15) is 0 Å². The molecular formula is C20H27N3O. The lowest BCUT2D eigenvalue weighted by atomic mass is 10.00. The van der Waals surface area contributed by atoms with E-state index in [9.17, 15) is 4.79 Å². The van der Waals surface area contributed by atoms with Gasteiger partial charge in [-0.3, -0.25) is 9.69 Å². The first-order chi connectivity index (χ1) is 11.7. The van der Waals surface area contributed by atoms with Gasteiger partial charge in [-0.15, -0.1) is 0 Å². The first-order valence-corrected chi connectivity index (χ1v) is 8.89. The Hall–Kier alpha value is -1.91. The average Bonchev–Trinajstić information content (AvgIpc) is 2.61. The lowest BCUT2D eigenvalue weighted by Crippen LogP contribution is -2.49. The minimum atomic E-state index is 0.0144. The summed E-state index contributed by atoms with van der Waals surface area (Å²) in [6, 6.07) is 14.6. The van der Waals surface area contributed by atoms with Gasteiger partial charge in [0.05, 0.1) is 12.6 Å². The highest BCUT2D eigenvalue weighted by molar-refractivity contribution is 5.87. The van der Waals surface area contributed by atoms with E-state index in [1.54, 1.807) is 0 Å². The zero-order chi connectivity index (χ0) is 16.9. The second-order valence-corrected chi connectivity index (χ2v) is 6.57. The van der Waals surface area contributed by atoms with Crippen LogP contribution >= 0.6 is 0 Å². The van der Waals surface area contributed by atoms with Gasteiger partial charge < -0.3 is 10.2 Å². The molecular weight excluding hydrogens is 298 g/mol. The fraction of sp³-hybridized carbons (Fsp3) is 0.450. The molecule has 0 radical (unpaired) electrons. The fourth-order valence-electron chi connectivity index (χ4n) is 3.46. The zero-order valence-electron chi connectivity index (χ0n) is 14.7. The Kier molecular flexibility index (Phi) is 5.48. The molecule has 1 aliphatic rings. The van der Waals surface area contributed by atoms with Crippen LogP contribution in [0.1, 0.15) is 25.5 Å². The van der Waals surface area contributed by atoms with Crippen LogP contribution in [0.2, 0.25) is 0 Å². The van der Waals surface area contributed by atoms with Crippen molar-refractivity contribution in [1.82, 2.24) is 15.1 Å². The summed E-state index contributed by atoms with van der Waals surface area (Å²) in [5, 5.41) is 5.59. The molecule has 24 heavy (non-hydrogen) atoms. The smallest absolute Gasteiger partial charge is 0.234 e. The molecule has 0 unspecified atom stereocenters. The molecule has 0 spiro atoms. The van der Waals surface area contributed by atoms with Crippen LogP contribution in [0.5, 0.6) is 0 Å². The van der Waals surface area contributed by atoms with Gasteiger partial charge in [-0.1, -0.05) is 49.4 Å². The van der Waals surface area contributed by atoms with Crippen molar-refractivity contribution in [3.63, 3.8) is 0 Å². The van der Waals surface area contributed by atoms with Crippen molar-refractivity contribution in [3.8, 4) is 0 Å². The highest BCUT2D eigenvalue weighted by Crippen LogP contribution is 2.23. The summed E-state index contributed by atoms with van der Waals surface area (Å²) in [7, 11) is 0. The van der Waals surface area contributed by atoms with Crippen molar-refractivity contribution in [2.45, 2.75) is 19.9 Å². The maximum Gasteiger partial charge on any atom is 0.234 e. The maximum atomic E-state index is 12.4. The Labute approximate surface area is 144 Å². The number of carbonyl (C=O) groups is 1. The second kappa shape index (κ2) is 7.77. The van der Waals surface area contributed by atoms with Crippen LogP contribution in [-0.2, 0) is 4.79 Å². The number of benzene rings is 2. The van der Waals surface area contributed by atoms with Gasteiger partial charge in [0.25, 0.3) is 0 Å². The van der Waals surface area contributed by atoms with Gasteiger partial charge in [0.1, 0.15) is 0 Å². The van der Waals surface area contributed by atoms with E-state index in [4.69, 9.17) is 0 Å². The van der Waals surface area contributed by atoms with Gasteiger partial charge in [-0.25, -0.2) is 0 Å². The molecule has 0 saturated carbocycles. The quantitative estimate of drug-likeness (QED) is 0.918. The van der Waals surface area contributed by atoms with E-state index in [-0.39, 0.29) is 11.9 Å². The molecule has 4 nitrogen and oxygen atoms in total. The van der Waals surface area contributed by atoms with Gasteiger partial charge in [-0.05, 0) is 29.8 Å². The number of nitrogens with zero attached hydrogens (tertiary/aromatic N) is 2. The summed E-state index contributed by atoms with van der Waals surface area (Å²) >= 11 is 0. The summed E-state index contributed by atoms with van der Waals surface area (Å²) in [6.45, 7) is 9.91. The third-order valence-electron chi connectivity index (χ3n) is 4.95. The predicted octanol–water partition coefficient (Wildman–Crippen LogP) is 2.65. The number of piperazine rings is 1. The maximum absolute atomic E-state index is 12.4. The zero-order valence-corrected chi connectivity index (χ0v) is 14.7. The van der Waals surface area contributed by atoms with E-state index in [2.05, 4.69) is 59.3 Å². The Morgan fingerprint density at radius 2 is 1.71 bits per heavy atom. The summed E-state index contributed by atoms with van der Waals surface area (Å²) in [4.78, 5) is 17.1. The number of likely N-dealkylation sites (N-methyl/N-ethyl adjacent to an activating group) is 1. The van der Waals surface area contributed by atoms with Crippen LogP contribution < -0.4 is 5.32 Å². The number of hydrogen-bond acceptors (Lipinski definition) is 3. The highest BCUT2D eigenvalue weighted by atomic mass is 16.2. The number of carbonyl (C=O) groups excluding carboxylic acids is 1. The largest absolute Gasteiger partial charge is 0.348 e. The molecule has 128 valence electrons. The number of rotatable bonds is 5. The van der Waals surface area contributed by atoms with E-state index in [1.165, 1.54) is 16.3 Å². The monoisotopic (exact) mass is 325 g/mol. The van der Waals surface area contributed by atoms with Gasteiger partial charge in [0.2, 0.25) is 5.91 Å². The standard InChI is InChI=1S/C20H27N3O/c1-3-22-11-13-23(14-12-22)15-20(24)21-16(2)18-10-6-8-17-7-4-5-9-19(17)18/h4-10,16H,3,11-15H2,1-2H3,(H,21,24)/t16-/m0/s1. The van der Waals surface area contributed by atoms with E-state index in [1.807, 2.05) is 12.1 Å². The lowest BCUT2D eigenvalue weighted by Gasteiger charge is -2.33. The van der Waals surface area contributed by atoms with Crippen molar-refractivity contribution in [1.29, 1.82) is 0 Å². The Balaban J connectivity index is 1.60. The van der Waals surface area contributed by atoms with Crippen molar-refractivity contribution in [2.75, 3.05) is 39.3 Å². The molecule has 1 fully saturated rings. The van der Waals surface area contributed by atoms with Crippen LogP contribution in [0, 0.1) is 0 Å². The van der Waals surface area contributed by atoms with E-state index < -0.39 is 0 Å². The van der Waals surface area contributed by atoms with Crippen molar-refractivity contribution < 1.29 is 4.79 Å². The molecule has 4 heteroatoms. The highest BCUT2D eigenvalue weighted by Gasteiger charge is 2.19. The third kappa shape index (κ3) is 3.94. The average molecular weight is 325 g/mol. The van der Waals surface area contributed by atoms with Gasteiger partial charge in [0.15, 0.2) is 0 Å². The SMILES string of the molecule is CCN1CCN(CC(=O)N[C@@H](C)c2cccc3ccccc23)CC1. The molecule has 1 amide bonds. The normalized spacial score (nSPS) is 17.8. The Morgan fingerprint density at radius 3 is 2.46 bits per heavy atom. The lowest BCUT2D eigenvalue weighted by molar-refractivity contribution is -0.123. The third-order valence-corrected chi connectivity index (χ3v) is 4.95. The van der Waals surface area contributed by atoms with E-state index >= 15 is 0 Å². The molecule has 1 aliphatic heterocycles. The van der Waals surface area contributed by atoms with Crippen LogP contribution in [-0.4, -0.2) is 55.0 Å². The van der Waals surface area contributed by atoms with E-state index in [0.29, 0.717) is 6.54 Å². The molecule has 0 bridgehead atoms. The minimum absolute atomic E-state index is 0.0144. The Bertz CT molecular complexity index is 687. The molecule has 0 aromatic heterocycles. The summed E-state index contributed by atoms with van der Waals surface area (Å²) in [6.07, 6.45) is 0. The predicted molar refractivity (Wildman–Crippen MR) is 99.1 cm³/mol. The molecule has 3 rings (SSSR count). The fourth-order valence-corrected chi connectivity index (χ4v) is 3.46. The number of hydrogen-bond donors (Lipinski definition) is 1. The number of fused-ring (bicyclic) bond motifs is 1. The Morgan fingerprint density at radius 1 is 1.04 bits per heavy atom. The molecule has 2 aromatic rings. The summed E-state index contributed by atoms with van der Waals surface area (Å²) in [5.74, 6) is 0.111.